The predicted octanol–water partition coefficient (Wildman–Crippen LogP) is 3.25. The maximum absolute atomic E-state index is 10.4. The van der Waals surface area contributed by atoms with Gasteiger partial charge in [0.25, 0.3) is 0 Å². The van der Waals surface area contributed by atoms with Gasteiger partial charge in [-0.25, -0.2) is 14.8 Å². The number of hydrogen-bond donors (Lipinski definition) is 1. The Morgan fingerprint density at radius 1 is 1.08 bits per heavy atom. The van der Waals surface area contributed by atoms with Crippen LogP contribution in [0.5, 0.6) is 11.5 Å². The molecule has 0 saturated carbocycles. The molecule has 6 nitrogen and oxygen atoms in total. The van der Waals surface area contributed by atoms with E-state index in [0.717, 1.165) is 24.4 Å². The highest BCUT2D eigenvalue weighted by atomic mass is 16.5. The van der Waals surface area contributed by atoms with Crippen LogP contribution in [0.1, 0.15) is 37.7 Å². The third kappa shape index (κ3) is 6.24. The highest BCUT2D eigenvalue weighted by molar-refractivity contribution is 5.68. The number of carboxylic acids is 1. The second-order valence-electron chi connectivity index (χ2n) is 5.36. The molecule has 0 aliphatic heterocycles. The topological polar surface area (TPSA) is 81.5 Å². The van der Waals surface area contributed by atoms with Gasteiger partial charge in [-0.05, 0) is 36.8 Å². The fraction of sp³-hybridized carbons (Fsp3) is 0.389. The van der Waals surface area contributed by atoms with Crippen molar-refractivity contribution in [2.24, 2.45) is 0 Å². The lowest BCUT2D eigenvalue weighted by molar-refractivity contribution is -0.139. The van der Waals surface area contributed by atoms with E-state index in [1.807, 2.05) is 6.07 Å². The molecule has 2 aromatic rings. The summed E-state index contributed by atoms with van der Waals surface area (Å²) in [6, 6.07) is 8.66. The summed E-state index contributed by atoms with van der Waals surface area (Å²) in [5, 5.41) is 8.57. The summed E-state index contributed by atoms with van der Waals surface area (Å²) in [4.78, 5) is 19.2. The fourth-order valence-electron chi connectivity index (χ4n) is 2.11. The molecule has 0 aliphatic carbocycles. The normalized spacial score (nSPS) is 10.4. The van der Waals surface area contributed by atoms with Crippen molar-refractivity contribution in [2.45, 2.75) is 39.2 Å². The monoisotopic (exact) mass is 330 g/mol. The first-order valence-corrected chi connectivity index (χ1v) is 8.05. The molecular formula is C18H22N2O4. The van der Waals surface area contributed by atoms with E-state index in [0.29, 0.717) is 18.1 Å². The number of aliphatic carboxylic acids is 1. The molecule has 0 radical (unpaired) electrons. The number of carboxylic acid groups (broad SMARTS) is 1. The molecule has 2 rings (SSSR count). The zero-order chi connectivity index (χ0) is 17.2. The maximum atomic E-state index is 10.4. The molecule has 1 heterocycles. The van der Waals surface area contributed by atoms with Crippen LogP contribution < -0.4 is 9.47 Å². The van der Waals surface area contributed by atoms with Crippen LogP contribution in [0.4, 0.5) is 0 Å². The Balaban J connectivity index is 1.84. The van der Waals surface area contributed by atoms with Crippen molar-refractivity contribution in [3.8, 4) is 11.5 Å². The van der Waals surface area contributed by atoms with Gasteiger partial charge in [0.15, 0.2) is 6.61 Å². The molecule has 0 bridgehead atoms. The summed E-state index contributed by atoms with van der Waals surface area (Å²) < 4.78 is 10.8. The molecule has 0 saturated heterocycles. The molecule has 0 aliphatic rings. The number of benzene rings is 1. The van der Waals surface area contributed by atoms with Crippen molar-refractivity contribution in [3.63, 3.8) is 0 Å². The van der Waals surface area contributed by atoms with Gasteiger partial charge in [0.05, 0.1) is 5.69 Å². The SMILES string of the molecule is CCCCCc1nccc(COc2ccc(OCC(=O)O)cc2)n1. The molecule has 1 N–H and O–H groups in total. The van der Waals surface area contributed by atoms with Crippen LogP contribution in [0.2, 0.25) is 0 Å². The molecule has 1 aromatic carbocycles. The molecule has 0 unspecified atom stereocenters. The average molecular weight is 330 g/mol. The van der Waals surface area contributed by atoms with Crippen LogP contribution in [-0.4, -0.2) is 27.7 Å². The Bertz CT molecular complexity index is 644. The zero-order valence-electron chi connectivity index (χ0n) is 13.8. The molecule has 6 heteroatoms. The summed E-state index contributed by atoms with van der Waals surface area (Å²) in [6.07, 6.45) is 6.10. The lowest BCUT2D eigenvalue weighted by Gasteiger charge is -2.08. The minimum absolute atomic E-state index is 0.359. The van der Waals surface area contributed by atoms with Crippen molar-refractivity contribution in [1.29, 1.82) is 0 Å². The quantitative estimate of drug-likeness (QED) is 0.673. The van der Waals surface area contributed by atoms with Crippen LogP contribution in [0.15, 0.2) is 36.5 Å². The molecule has 1 aromatic heterocycles. The Kier molecular flexibility index (Phi) is 7.01. The van der Waals surface area contributed by atoms with Crippen molar-refractivity contribution < 1.29 is 19.4 Å². The van der Waals surface area contributed by atoms with Gasteiger partial charge in [-0.1, -0.05) is 19.8 Å². The van der Waals surface area contributed by atoms with Gasteiger partial charge < -0.3 is 14.6 Å². The highest BCUT2D eigenvalue weighted by Crippen LogP contribution is 2.18. The van der Waals surface area contributed by atoms with Crippen molar-refractivity contribution in [1.82, 2.24) is 9.97 Å². The van der Waals surface area contributed by atoms with E-state index in [1.165, 1.54) is 12.8 Å². The van der Waals surface area contributed by atoms with Crippen LogP contribution in [0.3, 0.4) is 0 Å². The second kappa shape index (κ2) is 9.50. The van der Waals surface area contributed by atoms with E-state index < -0.39 is 5.97 Å². The van der Waals surface area contributed by atoms with Crippen LogP contribution in [-0.2, 0) is 17.8 Å². The number of nitrogens with zero attached hydrogens (tertiary/aromatic N) is 2. The average Bonchev–Trinajstić information content (AvgIpc) is 2.60. The predicted molar refractivity (Wildman–Crippen MR) is 89.2 cm³/mol. The molecule has 0 spiro atoms. The van der Waals surface area contributed by atoms with E-state index >= 15 is 0 Å². The zero-order valence-corrected chi connectivity index (χ0v) is 13.8. The van der Waals surface area contributed by atoms with E-state index in [1.54, 1.807) is 30.5 Å². The van der Waals surface area contributed by atoms with Gasteiger partial charge in [-0.3, -0.25) is 0 Å². The van der Waals surface area contributed by atoms with Crippen LogP contribution in [0.25, 0.3) is 0 Å². The number of unbranched alkanes of at least 4 members (excludes halogenated alkanes) is 2. The van der Waals surface area contributed by atoms with Crippen molar-refractivity contribution in [2.75, 3.05) is 6.61 Å². The summed E-state index contributed by atoms with van der Waals surface area (Å²) in [5.74, 6) is 1.00. The lowest BCUT2D eigenvalue weighted by atomic mass is 10.2. The van der Waals surface area contributed by atoms with Gasteiger partial charge in [-0.15, -0.1) is 0 Å². The smallest absolute Gasteiger partial charge is 0.341 e. The Hall–Kier alpha value is -2.63. The minimum Gasteiger partial charge on any atom is -0.487 e. The van der Waals surface area contributed by atoms with Gasteiger partial charge >= 0.3 is 5.97 Å². The molecule has 24 heavy (non-hydrogen) atoms. The summed E-state index contributed by atoms with van der Waals surface area (Å²) >= 11 is 0. The molecule has 0 atom stereocenters. The summed E-state index contributed by atoms with van der Waals surface area (Å²) in [6.45, 7) is 2.17. The Morgan fingerprint density at radius 2 is 1.79 bits per heavy atom. The third-order valence-electron chi connectivity index (χ3n) is 3.34. The molecule has 128 valence electrons. The number of hydrogen-bond acceptors (Lipinski definition) is 5. The first kappa shape index (κ1) is 17.7. The van der Waals surface area contributed by atoms with E-state index in [4.69, 9.17) is 14.6 Å². The number of rotatable bonds is 10. The van der Waals surface area contributed by atoms with E-state index in [9.17, 15) is 4.79 Å². The summed E-state index contributed by atoms with van der Waals surface area (Å²) in [5.41, 5.74) is 0.836. The number of carbonyl (C=O) groups is 1. The van der Waals surface area contributed by atoms with Gasteiger partial charge in [-0.2, -0.15) is 0 Å². The van der Waals surface area contributed by atoms with Crippen molar-refractivity contribution >= 4 is 5.97 Å². The lowest BCUT2D eigenvalue weighted by Crippen LogP contribution is -2.09. The minimum atomic E-state index is -1.01. The summed E-state index contributed by atoms with van der Waals surface area (Å²) in [7, 11) is 0. The Morgan fingerprint density at radius 3 is 2.46 bits per heavy atom. The largest absolute Gasteiger partial charge is 0.487 e. The number of aryl methyl sites for hydroxylation is 1. The standard InChI is InChI=1S/C18H22N2O4/c1-2-3-4-5-17-19-11-10-14(20-17)12-23-15-6-8-16(9-7-15)24-13-18(21)22/h6-11H,2-5,12-13H2,1H3,(H,21,22). The molecule has 0 amide bonds. The van der Waals surface area contributed by atoms with E-state index in [2.05, 4.69) is 16.9 Å². The van der Waals surface area contributed by atoms with Gasteiger partial charge in [0, 0.05) is 12.6 Å². The van der Waals surface area contributed by atoms with Crippen molar-refractivity contribution in [3.05, 3.63) is 48.0 Å². The fourth-order valence-corrected chi connectivity index (χ4v) is 2.11. The number of ether oxygens (including phenoxy) is 2. The van der Waals surface area contributed by atoms with E-state index in [-0.39, 0.29) is 6.61 Å². The highest BCUT2D eigenvalue weighted by Gasteiger charge is 2.03. The Labute approximate surface area is 141 Å². The second-order valence-corrected chi connectivity index (χ2v) is 5.36. The van der Waals surface area contributed by atoms with Gasteiger partial charge in [0.1, 0.15) is 23.9 Å². The molecular weight excluding hydrogens is 308 g/mol. The number of aromatic nitrogens is 2. The van der Waals surface area contributed by atoms with Gasteiger partial charge in [0.2, 0.25) is 0 Å². The first-order valence-electron chi connectivity index (χ1n) is 8.05. The molecule has 0 fully saturated rings. The third-order valence-corrected chi connectivity index (χ3v) is 3.34. The maximum Gasteiger partial charge on any atom is 0.341 e. The van der Waals surface area contributed by atoms with Crippen LogP contribution >= 0.6 is 0 Å². The van der Waals surface area contributed by atoms with Crippen LogP contribution in [0, 0.1) is 0 Å². The first-order chi connectivity index (χ1) is 11.7.